The van der Waals surface area contributed by atoms with Crippen molar-refractivity contribution in [1.29, 1.82) is 0 Å². The lowest BCUT2D eigenvalue weighted by molar-refractivity contribution is 0.0853. The SMILES string of the molecule is CNC(=O)c1c(N[C@H](NC(=O)c2ccco2)C(=O)c2ccc(C)cc2)sc2c1CCCC2. The molecule has 3 aromatic rings. The number of ketones is 1. The standard InChI is InChI=1S/C24H25N3O4S/c1-14-9-11-15(12-10-14)20(28)21(26-22(29)17-7-5-13-31-17)27-24-19(23(30)25-2)16-6-3-4-8-18(16)32-24/h5,7,9-13,21,27H,3-4,6,8H2,1-2H3,(H,25,30)(H,26,29)/t21-/m0/s1. The summed E-state index contributed by atoms with van der Waals surface area (Å²) in [6.07, 6.45) is 4.15. The Kier molecular flexibility index (Phi) is 6.41. The van der Waals surface area contributed by atoms with Gasteiger partial charge in [0.25, 0.3) is 11.8 Å². The van der Waals surface area contributed by atoms with Crippen LogP contribution in [0.15, 0.2) is 47.1 Å². The number of hydrogen-bond donors (Lipinski definition) is 3. The van der Waals surface area contributed by atoms with Crippen molar-refractivity contribution < 1.29 is 18.8 Å². The molecule has 0 saturated carbocycles. The van der Waals surface area contributed by atoms with Crippen molar-refractivity contribution in [2.45, 2.75) is 38.8 Å². The lowest BCUT2D eigenvalue weighted by atomic mass is 9.95. The fourth-order valence-corrected chi connectivity index (χ4v) is 5.14. The minimum atomic E-state index is -1.07. The Hall–Kier alpha value is -3.39. The lowest BCUT2D eigenvalue weighted by Gasteiger charge is -2.20. The smallest absolute Gasteiger partial charge is 0.288 e. The van der Waals surface area contributed by atoms with Crippen molar-refractivity contribution in [3.63, 3.8) is 0 Å². The zero-order chi connectivity index (χ0) is 22.7. The molecule has 4 rings (SSSR count). The van der Waals surface area contributed by atoms with E-state index in [2.05, 4.69) is 16.0 Å². The van der Waals surface area contributed by atoms with Crippen molar-refractivity contribution in [3.8, 4) is 0 Å². The molecule has 0 saturated heterocycles. The van der Waals surface area contributed by atoms with Gasteiger partial charge in [-0.3, -0.25) is 14.4 Å². The number of aryl methyl sites for hydroxylation is 2. The molecule has 0 unspecified atom stereocenters. The van der Waals surface area contributed by atoms with Gasteiger partial charge in [0.15, 0.2) is 11.9 Å². The molecule has 32 heavy (non-hydrogen) atoms. The van der Waals surface area contributed by atoms with Crippen LogP contribution in [0.4, 0.5) is 5.00 Å². The second kappa shape index (κ2) is 9.40. The molecule has 0 radical (unpaired) electrons. The van der Waals surface area contributed by atoms with E-state index in [0.29, 0.717) is 16.1 Å². The molecular weight excluding hydrogens is 426 g/mol. The number of thiophene rings is 1. The highest BCUT2D eigenvalue weighted by molar-refractivity contribution is 7.16. The Morgan fingerprint density at radius 2 is 1.78 bits per heavy atom. The van der Waals surface area contributed by atoms with Crippen molar-refractivity contribution >= 4 is 33.9 Å². The average Bonchev–Trinajstić information content (AvgIpc) is 3.46. The normalized spacial score (nSPS) is 13.7. The first kappa shape index (κ1) is 21.8. The predicted octanol–water partition coefficient (Wildman–Crippen LogP) is 3.94. The highest BCUT2D eigenvalue weighted by Crippen LogP contribution is 2.38. The van der Waals surface area contributed by atoms with Crippen LogP contribution in [0.5, 0.6) is 0 Å². The fourth-order valence-electron chi connectivity index (χ4n) is 3.83. The second-order valence-corrected chi connectivity index (χ2v) is 8.86. The number of anilines is 1. The third-order valence-electron chi connectivity index (χ3n) is 5.52. The zero-order valence-electron chi connectivity index (χ0n) is 18.0. The number of furan rings is 1. The van der Waals surface area contributed by atoms with Crippen LogP contribution in [-0.4, -0.2) is 30.8 Å². The summed E-state index contributed by atoms with van der Waals surface area (Å²) >= 11 is 1.47. The van der Waals surface area contributed by atoms with Gasteiger partial charge in [0.05, 0.1) is 11.8 Å². The van der Waals surface area contributed by atoms with Crippen LogP contribution in [0.25, 0.3) is 0 Å². The molecule has 1 aromatic carbocycles. The van der Waals surface area contributed by atoms with Gasteiger partial charge in [-0.05, 0) is 50.3 Å². The van der Waals surface area contributed by atoms with E-state index in [-0.39, 0.29) is 17.5 Å². The van der Waals surface area contributed by atoms with Gasteiger partial charge >= 0.3 is 0 Å². The molecule has 2 aromatic heterocycles. The van der Waals surface area contributed by atoms with Gasteiger partial charge in [0.2, 0.25) is 5.78 Å². The Morgan fingerprint density at radius 1 is 1.03 bits per heavy atom. The molecule has 8 heteroatoms. The van der Waals surface area contributed by atoms with Gasteiger partial charge in [-0.2, -0.15) is 0 Å². The summed E-state index contributed by atoms with van der Waals surface area (Å²) in [5, 5.41) is 9.17. The topological polar surface area (TPSA) is 100 Å². The van der Waals surface area contributed by atoms with Crippen LogP contribution in [0.2, 0.25) is 0 Å². The molecule has 3 N–H and O–H groups in total. The summed E-state index contributed by atoms with van der Waals surface area (Å²) in [4.78, 5) is 39.9. The summed E-state index contributed by atoms with van der Waals surface area (Å²) in [7, 11) is 1.59. The second-order valence-electron chi connectivity index (χ2n) is 7.75. The van der Waals surface area contributed by atoms with Crippen LogP contribution in [0.3, 0.4) is 0 Å². The van der Waals surface area contributed by atoms with Crippen molar-refractivity contribution in [2.24, 2.45) is 0 Å². The van der Waals surface area contributed by atoms with E-state index >= 15 is 0 Å². The lowest BCUT2D eigenvalue weighted by Crippen LogP contribution is -2.46. The van der Waals surface area contributed by atoms with Crippen LogP contribution >= 0.6 is 11.3 Å². The molecule has 1 aliphatic carbocycles. The number of benzene rings is 1. The van der Waals surface area contributed by atoms with E-state index in [1.54, 1.807) is 25.2 Å². The molecule has 0 bridgehead atoms. The Labute approximate surface area is 190 Å². The largest absolute Gasteiger partial charge is 0.459 e. The van der Waals surface area contributed by atoms with Gasteiger partial charge in [-0.15, -0.1) is 11.3 Å². The number of amides is 2. The maximum Gasteiger partial charge on any atom is 0.288 e. The third kappa shape index (κ3) is 4.45. The number of rotatable bonds is 7. The molecular formula is C24H25N3O4S. The molecule has 0 spiro atoms. The minimum Gasteiger partial charge on any atom is -0.459 e. The van der Waals surface area contributed by atoms with Gasteiger partial charge < -0.3 is 20.4 Å². The Morgan fingerprint density at radius 3 is 2.47 bits per heavy atom. The van der Waals surface area contributed by atoms with E-state index in [1.807, 2.05) is 19.1 Å². The summed E-state index contributed by atoms with van der Waals surface area (Å²) in [5.41, 5.74) is 3.07. The highest BCUT2D eigenvalue weighted by atomic mass is 32.1. The first-order valence-corrected chi connectivity index (χ1v) is 11.4. The van der Waals surface area contributed by atoms with Gasteiger partial charge in [0, 0.05) is 17.5 Å². The number of carbonyl (C=O) groups is 3. The summed E-state index contributed by atoms with van der Waals surface area (Å²) in [6, 6.07) is 10.3. The van der Waals surface area contributed by atoms with Crippen LogP contribution < -0.4 is 16.0 Å². The maximum atomic E-state index is 13.4. The number of carbonyl (C=O) groups excluding carboxylic acids is 3. The Bertz CT molecular complexity index is 1130. The van der Waals surface area contributed by atoms with Crippen molar-refractivity contribution in [3.05, 3.63) is 75.6 Å². The summed E-state index contributed by atoms with van der Waals surface area (Å²) in [5.74, 6) is -0.925. The Balaban J connectivity index is 1.69. The molecule has 166 valence electrons. The zero-order valence-corrected chi connectivity index (χ0v) is 18.8. The fraction of sp³-hybridized carbons (Fsp3) is 0.292. The maximum absolute atomic E-state index is 13.4. The van der Waals surface area contributed by atoms with E-state index in [1.165, 1.54) is 23.7 Å². The van der Waals surface area contributed by atoms with E-state index in [0.717, 1.165) is 41.7 Å². The van der Waals surface area contributed by atoms with Gasteiger partial charge in [-0.25, -0.2) is 0 Å². The summed E-state index contributed by atoms with van der Waals surface area (Å²) < 4.78 is 5.18. The first-order chi connectivity index (χ1) is 15.5. The highest BCUT2D eigenvalue weighted by Gasteiger charge is 2.29. The van der Waals surface area contributed by atoms with Gasteiger partial charge in [-0.1, -0.05) is 29.8 Å². The molecule has 2 heterocycles. The van der Waals surface area contributed by atoms with Crippen molar-refractivity contribution in [1.82, 2.24) is 10.6 Å². The van der Waals surface area contributed by atoms with Crippen LogP contribution in [0.1, 0.15) is 60.1 Å². The van der Waals surface area contributed by atoms with E-state index in [9.17, 15) is 14.4 Å². The van der Waals surface area contributed by atoms with Crippen LogP contribution in [-0.2, 0) is 12.8 Å². The summed E-state index contributed by atoms with van der Waals surface area (Å²) in [6.45, 7) is 1.94. The molecule has 7 nitrogen and oxygen atoms in total. The molecule has 0 fully saturated rings. The number of nitrogens with one attached hydrogen (secondary N) is 3. The van der Waals surface area contributed by atoms with E-state index in [4.69, 9.17) is 4.42 Å². The van der Waals surface area contributed by atoms with Crippen LogP contribution in [0, 0.1) is 6.92 Å². The molecule has 1 aliphatic rings. The average molecular weight is 452 g/mol. The van der Waals surface area contributed by atoms with E-state index < -0.39 is 12.1 Å². The van der Waals surface area contributed by atoms with Gasteiger partial charge in [0.1, 0.15) is 5.00 Å². The monoisotopic (exact) mass is 451 g/mol. The molecule has 2 amide bonds. The number of fused-ring (bicyclic) bond motifs is 1. The number of Topliss-reactive ketones (excluding diaryl/α,β-unsaturated/α-hetero) is 1. The molecule has 1 atom stereocenters. The quantitative estimate of drug-likeness (QED) is 0.373. The predicted molar refractivity (Wildman–Crippen MR) is 123 cm³/mol. The van der Waals surface area contributed by atoms with Crippen molar-refractivity contribution in [2.75, 3.05) is 12.4 Å². The minimum absolute atomic E-state index is 0.102. The first-order valence-electron chi connectivity index (χ1n) is 10.6. The molecule has 0 aliphatic heterocycles. The number of hydrogen-bond acceptors (Lipinski definition) is 6. The third-order valence-corrected chi connectivity index (χ3v) is 6.74.